The van der Waals surface area contributed by atoms with E-state index < -0.39 is 0 Å². The summed E-state index contributed by atoms with van der Waals surface area (Å²) in [5.41, 5.74) is 3.58. The van der Waals surface area contributed by atoms with Gasteiger partial charge in [-0.25, -0.2) is 9.97 Å². The summed E-state index contributed by atoms with van der Waals surface area (Å²) >= 11 is 0. The number of nitrogens with one attached hydrogen (secondary N) is 1. The minimum absolute atomic E-state index is 0.105. The van der Waals surface area contributed by atoms with Crippen molar-refractivity contribution in [3.8, 4) is 5.69 Å². The van der Waals surface area contributed by atoms with Crippen molar-refractivity contribution in [2.45, 2.75) is 6.04 Å². The van der Waals surface area contributed by atoms with E-state index >= 15 is 0 Å². The van der Waals surface area contributed by atoms with Gasteiger partial charge in [-0.05, 0) is 18.2 Å². The standard InChI is InChI=1S/C15H12N4/c1-2-6-12-11(5-1)15(13-9-16-10-19(12)13)18-14-7-3-4-8-17-14/h1-10,15H,(H,17,18). The first-order valence-electron chi connectivity index (χ1n) is 6.22. The van der Waals surface area contributed by atoms with Crippen LogP contribution in [0.3, 0.4) is 0 Å². The van der Waals surface area contributed by atoms with Gasteiger partial charge >= 0.3 is 0 Å². The molecule has 19 heavy (non-hydrogen) atoms. The lowest BCUT2D eigenvalue weighted by Crippen LogP contribution is -2.10. The van der Waals surface area contributed by atoms with Crippen LogP contribution in [0.15, 0.2) is 61.2 Å². The molecule has 4 rings (SSSR count). The van der Waals surface area contributed by atoms with E-state index in [4.69, 9.17) is 0 Å². The molecule has 0 saturated heterocycles. The Labute approximate surface area is 110 Å². The van der Waals surface area contributed by atoms with Crippen LogP contribution in [0.25, 0.3) is 5.69 Å². The zero-order chi connectivity index (χ0) is 12.7. The van der Waals surface area contributed by atoms with E-state index in [2.05, 4.69) is 38.1 Å². The van der Waals surface area contributed by atoms with E-state index in [1.807, 2.05) is 36.8 Å². The van der Waals surface area contributed by atoms with E-state index in [0.29, 0.717) is 0 Å². The number of anilines is 1. The lowest BCUT2D eigenvalue weighted by Gasteiger charge is -2.14. The van der Waals surface area contributed by atoms with Crippen molar-refractivity contribution in [2.75, 3.05) is 5.32 Å². The molecule has 3 heterocycles. The average molecular weight is 248 g/mol. The Kier molecular flexibility index (Phi) is 2.14. The quantitative estimate of drug-likeness (QED) is 0.758. The second kappa shape index (κ2) is 3.95. The van der Waals surface area contributed by atoms with Crippen LogP contribution in [0.1, 0.15) is 17.3 Å². The number of hydrogen-bond acceptors (Lipinski definition) is 3. The predicted molar refractivity (Wildman–Crippen MR) is 73.3 cm³/mol. The molecule has 1 unspecified atom stereocenters. The first-order valence-corrected chi connectivity index (χ1v) is 6.22. The fourth-order valence-corrected chi connectivity index (χ4v) is 2.58. The summed E-state index contributed by atoms with van der Waals surface area (Å²) < 4.78 is 2.12. The molecule has 1 aliphatic rings. The Bertz CT molecular complexity index is 718. The average Bonchev–Trinajstić information content (AvgIpc) is 3.04. The highest BCUT2D eigenvalue weighted by Crippen LogP contribution is 2.37. The van der Waals surface area contributed by atoms with Gasteiger partial charge in [0, 0.05) is 11.8 Å². The minimum atomic E-state index is 0.105. The van der Waals surface area contributed by atoms with E-state index in [-0.39, 0.29) is 6.04 Å². The predicted octanol–water partition coefficient (Wildman–Crippen LogP) is 2.78. The van der Waals surface area contributed by atoms with Gasteiger partial charge in [-0.15, -0.1) is 0 Å². The van der Waals surface area contributed by atoms with Gasteiger partial charge in [0.15, 0.2) is 0 Å². The molecular weight excluding hydrogens is 236 g/mol. The van der Waals surface area contributed by atoms with Crippen molar-refractivity contribution in [2.24, 2.45) is 0 Å². The maximum absolute atomic E-state index is 4.33. The van der Waals surface area contributed by atoms with Crippen LogP contribution in [0.4, 0.5) is 5.82 Å². The number of nitrogens with zero attached hydrogens (tertiary/aromatic N) is 3. The van der Waals surface area contributed by atoms with Crippen LogP contribution in [-0.2, 0) is 0 Å². The summed E-state index contributed by atoms with van der Waals surface area (Å²) in [5, 5.41) is 3.47. The normalized spacial score (nSPS) is 15.9. The van der Waals surface area contributed by atoms with Crippen molar-refractivity contribution in [1.82, 2.24) is 14.5 Å². The Balaban J connectivity index is 1.81. The van der Waals surface area contributed by atoms with E-state index in [0.717, 1.165) is 11.5 Å². The molecule has 1 aliphatic heterocycles. The third-order valence-electron chi connectivity index (χ3n) is 3.43. The second-order valence-electron chi connectivity index (χ2n) is 4.54. The monoisotopic (exact) mass is 248 g/mol. The van der Waals surface area contributed by atoms with Gasteiger partial charge in [0.1, 0.15) is 5.82 Å². The van der Waals surface area contributed by atoms with Gasteiger partial charge in [-0.2, -0.15) is 0 Å². The molecular formula is C15H12N4. The number of rotatable bonds is 2. The summed E-state index contributed by atoms with van der Waals surface area (Å²) in [6.45, 7) is 0. The molecule has 4 nitrogen and oxygen atoms in total. The van der Waals surface area contributed by atoms with Gasteiger partial charge in [0.2, 0.25) is 0 Å². The molecule has 0 saturated carbocycles. The maximum atomic E-state index is 4.33. The van der Waals surface area contributed by atoms with Gasteiger partial charge in [-0.3, -0.25) is 0 Å². The number of benzene rings is 1. The lowest BCUT2D eigenvalue weighted by molar-refractivity contribution is 0.913. The molecule has 1 aromatic carbocycles. The summed E-state index contributed by atoms with van der Waals surface area (Å²) in [4.78, 5) is 8.57. The van der Waals surface area contributed by atoms with Crippen LogP contribution in [0.5, 0.6) is 0 Å². The lowest BCUT2D eigenvalue weighted by atomic mass is 10.1. The molecule has 1 N–H and O–H groups in total. The Morgan fingerprint density at radius 2 is 1.95 bits per heavy atom. The Morgan fingerprint density at radius 1 is 1.05 bits per heavy atom. The van der Waals surface area contributed by atoms with E-state index in [9.17, 15) is 0 Å². The molecule has 92 valence electrons. The van der Waals surface area contributed by atoms with Gasteiger partial charge in [-0.1, -0.05) is 24.3 Å². The molecule has 1 atom stereocenters. The molecule has 0 radical (unpaired) electrons. The highest BCUT2D eigenvalue weighted by Gasteiger charge is 2.28. The highest BCUT2D eigenvalue weighted by molar-refractivity contribution is 5.56. The third kappa shape index (κ3) is 1.53. The van der Waals surface area contributed by atoms with Crippen molar-refractivity contribution in [3.63, 3.8) is 0 Å². The fourth-order valence-electron chi connectivity index (χ4n) is 2.58. The maximum Gasteiger partial charge on any atom is 0.126 e. The van der Waals surface area contributed by atoms with Crippen LogP contribution >= 0.6 is 0 Å². The van der Waals surface area contributed by atoms with E-state index in [1.54, 1.807) is 6.20 Å². The van der Waals surface area contributed by atoms with Gasteiger partial charge in [0.25, 0.3) is 0 Å². The minimum Gasteiger partial charge on any atom is -0.358 e. The molecule has 4 heteroatoms. The first kappa shape index (κ1) is 10.3. The second-order valence-corrected chi connectivity index (χ2v) is 4.54. The van der Waals surface area contributed by atoms with Gasteiger partial charge in [0.05, 0.1) is 29.9 Å². The van der Waals surface area contributed by atoms with Crippen LogP contribution in [0, 0.1) is 0 Å². The van der Waals surface area contributed by atoms with Crippen molar-refractivity contribution in [3.05, 3.63) is 72.4 Å². The van der Waals surface area contributed by atoms with Crippen molar-refractivity contribution >= 4 is 5.82 Å². The molecule has 2 aromatic heterocycles. The van der Waals surface area contributed by atoms with Crippen molar-refractivity contribution < 1.29 is 0 Å². The number of para-hydroxylation sites is 1. The zero-order valence-corrected chi connectivity index (χ0v) is 10.2. The zero-order valence-electron chi connectivity index (χ0n) is 10.2. The summed E-state index contributed by atoms with van der Waals surface area (Å²) in [6, 6.07) is 14.3. The SMILES string of the molecule is c1ccc(NC2c3ccccc3-n3cncc32)nc1. The number of aromatic nitrogens is 3. The molecule has 0 aliphatic carbocycles. The van der Waals surface area contributed by atoms with Crippen LogP contribution in [0.2, 0.25) is 0 Å². The summed E-state index contributed by atoms with van der Waals surface area (Å²) in [5.74, 6) is 0.872. The van der Waals surface area contributed by atoms with Crippen LogP contribution in [-0.4, -0.2) is 14.5 Å². The Hall–Kier alpha value is -2.62. The van der Waals surface area contributed by atoms with Crippen LogP contribution < -0.4 is 5.32 Å². The molecule has 3 aromatic rings. The highest BCUT2D eigenvalue weighted by atomic mass is 15.1. The fraction of sp³-hybridized carbons (Fsp3) is 0.0667. The molecule has 0 spiro atoms. The smallest absolute Gasteiger partial charge is 0.126 e. The largest absolute Gasteiger partial charge is 0.358 e. The van der Waals surface area contributed by atoms with Gasteiger partial charge < -0.3 is 9.88 Å². The molecule has 0 amide bonds. The molecule has 0 fully saturated rings. The number of imidazole rings is 1. The number of fused-ring (bicyclic) bond motifs is 3. The molecule has 0 bridgehead atoms. The summed E-state index contributed by atoms with van der Waals surface area (Å²) in [7, 11) is 0. The van der Waals surface area contributed by atoms with Crippen molar-refractivity contribution in [1.29, 1.82) is 0 Å². The Morgan fingerprint density at radius 3 is 2.84 bits per heavy atom. The third-order valence-corrected chi connectivity index (χ3v) is 3.43. The first-order chi connectivity index (χ1) is 9.43. The van der Waals surface area contributed by atoms with E-state index in [1.165, 1.54) is 11.3 Å². The number of hydrogen-bond donors (Lipinski definition) is 1. The summed E-state index contributed by atoms with van der Waals surface area (Å²) in [6.07, 6.45) is 5.55. The number of pyridine rings is 1. The topological polar surface area (TPSA) is 42.7 Å².